The molecule has 0 saturated carbocycles. The van der Waals surface area contributed by atoms with Gasteiger partial charge in [0, 0.05) is 32.4 Å². The molecule has 7 heteroatoms. The monoisotopic (exact) mass is 306 g/mol. The smallest absolute Gasteiger partial charge is 0.410 e. The second kappa shape index (κ2) is 6.21. The standard InChI is InChI=1S/C15H22N4O3/c1-15(2,3)22-14(21)19-8-6-18(7-9-19)13(20)11-4-5-17-10-12(11)16/h4-5,10H,6-9,16H2,1-3H3. The molecule has 7 nitrogen and oxygen atoms in total. The van der Waals surface area contributed by atoms with Crippen LogP contribution in [0.2, 0.25) is 0 Å². The first-order valence-electron chi connectivity index (χ1n) is 7.24. The molecule has 0 unspecified atom stereocenters. The fourth-order valence-electron chi connectivity index (χ4n) is 2.19. The first-order valence-corrected chi connectivity index (χ1v) is 7.24. The van der Waals surface area contributed by atoms with Crippen molar-refractivity contribution in [3.8, 4) is 0 Å². The maximum Gasteiger partial charge on any atom is 0.410 e. The molecule has 1 aliphatic heterocycles. The molecular weight excluding hydrogens is 284 g/mol. The topological polar surface area (TPSA) is 88.8 Å². The predicted molar refractivity (Wildman–Crippen MR) is 82.4 cm³/mol. The number of ether oxygens (including phenoxy) is 1. The number of carbonyl (C=O) groups excluding carboxylic acids is 2. The summed E-state index contributed by atoms with van der Waals surface area (Å²) < 4.78 is 5.33. The number of amides is 2. The van der Waals surface area contributed by atoms with E-state index < -0.39 is 5.60 Å². The SMILES string of the molecule is CC(C)(C)OC(=O)N1CCN(C(=O)c2ccncc2N)CC1. The van der Waals surface area contributed by atoms with Crippen LogP contribution in [0.3, 0.4) is 0 Å². The summed E-state index contributed by atoms with van der Waals surface area (Å²) in [5.41, 5.74) is 6.07. The van der Waals surface area contributed by atoms with Gasteiger partial charge >= 0.3 is 6.09 Å². The van der Waals surface area contributed by atoms with Crippen LogP contribution in [0.5, 0.6) is 0 Å². The maximum atomic E-state index is 12.4. The minimum absolute atomic E-state index is 0.135. The Morgan fingerprint density at radius 2 is 1.77 bits per heavy atom. The van der Waals surface area contributed by atoms with E-state index in [9.17, 15) is 9.59 Å². The van der Waals surface area contributed by atoms with Crippen molar-refractivity contribution in [1.29, 1.82) is 0 Å². The molecule has 2 rings (SSSR count). The summed E-state index contributed by atoms with van der Waals surface area (Å²) in [6, 6.07) is 1.61. The fraction of sp³-hybridized carbons (Fsp3) is 0.533. The van der Waals surface area contributed by atoms with Crippen LogP contribution in [0.1, 0.15) is 31.1 Å². The van der Waals surface area contributed by atoms with Crippen molar-refractivity contribution in [1.82, 2.24) is 14.8 Å². The number of pyridine rings is 1. The zero-order valence-electron chi connectivity index (χ0n) is 13.2. The summed E-state index contributed by atoms with van der Waals surface area (Å²) >= 11 is 0. The normalized spacial score (nSPS) is 15.6. The van der Waals surface area contributed by atoms with Crippen LogP contribution in [0.15, 0.2) is 18.5 Å². The Bertz CT molecular complexity index is 560. The Kier molecular flexibility index (Phi) is 4.54. The Labute approximate surface area is 130 Å². The highest BCUT2D eigenvalue weighted by Gasteiger charge is 2.28. The molecule has 0 aromatic carbocycles. The average molecular weight is 306 g/mol. The van der Waals surface area contributed by atoms with Crippen LogP contribution >= 0.6 is 0 Å². The van der Waals surface area contributed by atoms with Crippen molar-refractivity contribution in [2.75, 3.05) is 31.9 Å². The van der Waals surface area contributed by atoms with Crippen molar-refractivity contribution in [3.63, 3.8) is 0 Å². The van der Waals surface area contributed by atoms with E-state index in [0.717, 1.165) is 0 Å². The van der Waals surface area contributed by atoms with Crippen molar-refractivity contribution in [3.05, 3.63) is 24.0 Å². The minimum atomic E-state index is -0.518. The summed E-state index contributed by atoms with van der Waals surface area (Å²) in [5, 5.41) is 0. The fourth-order valence-corrected chi connectivity index (χ4v) is 2.19. The highest BCUT2D eigenvalue weighted by atomic mass is 16.6. The molecule has 0 spiro atoms. The van der Waals surface area contributed by atoms with Crippen molar-refractivity contribution in [2.24, 2.45) is 0 Å². The lowest BCUT2D eigenvalue weighted by Gasteiger charge is -2.35. The Hall–Kier alpha value is -2.31. The number of nitrogen functional groups attached to an aromatic ring is 1. The number of piperazine rings is 1. The molecule has 22 heavy (non-hydrogen) atoms. The first-order chi connectivity index (χ1) is 10.3. The lowest BCUT2D eigenvalue weighted by atomic mass is 10.2. The van der Waals surface area contributed by atoms with Gasteiger partial charge in [-0.05, 0) is 26.8 Å². The Morgan fingerprint density at radius 3 is 2.32 bits per heavy atom. The third-order valence-electron chi connectivity index (χ3n) is 3.30. The quantitative estimate of drug-likeness (QED) is 0.846. The van der Waals surface area contributed by atoms with Crippen molar-refractivity contribution < 1.29 is 14.3 Å². The molecule has 0 aliphatic carbocycles. The summed E-state index contributed by atoms with van der Waals surface area (Å²) in [6.07, 6.45) is 2.66. The van der Waals surface area contributed by atoms with Gasteiger partial charge in [-0.3, -0.25) is 9.78 Å². The van der Waals surface area contributed by atoms with E-state index in [0.29, 0.717) is 37.4 Å². The molecule has 2 N–H and O–H groups in total. The molecule has 2 heterocycles. The number of hydrogen-bond donors (Lipinski definition) is 1. The van der Waals surface area contributed by atoms with Gasteiger partial charge in [0.1, 0.15) is 5.60 Å². The number of rotatable bonds is 1. The predicted octanol–water partition coefficient (Wildman–Crippen LogP) is 1.36. The summed E-state index contributed by atoms with van der Waals surface area (Å²) in [4.78, 5) is 31.6. The summed E-state index contributed by atoms with van der Waals surface area (Å²) in [6.45, 7) is 7.31. The molecule has 1 fully saturated rings. The second-order valence-corrected chi connectivity index (χ2v) is 6.22. The van der Waals surface area contributed by atoms with Crippen molar-refractivity contribution in [2.45, 2.75) is 26.4 Å². The van der Waals surface area contributed by atoms with Gasteiger partial charge in [-0.1, -0.05) is 0 Å². The number of nitrogens with two attached hydrogens (primary N) is 1. The van der Waals surface area contributed by atoms with E-state index in [4.69, 9.17) is 10.5 Å². The second-order valence-electron chi connectivity index (χ2n) is 6.22. The van der Waals surface area contributed by atoms with Gasteiger partial charge < -0.3 is 20.3 Å². The Morgan fingerprint density at radius 1 is 1.18 bits per heavy atom. The molecule has 0 radical (unpaired) electrons. The van der Waals surface area contributed by atoms with Gasteiger partial charge in [0.25, 0.3) is 5.91 Å². The number of anilines is 1. The molecule has 2 amide bonds. The van der Waals surface area contributed by atoms with E-state index >= 15 is 0 Å². The number of nitrogens with zero attached hydrogens (tertiary/aromatic N) is 3. The largest absolute Gasteiger partial charge is 0.444 e. The molecule has 1 aliphatic rings. The van der Waals surface area contributed by atoms with Gasteiger partial charge in [-0.25, -0.2) is 4.79 Å². The van der Waals surface area contributed by atoms with E-state index in [1.54, 1.807) is 22.1 Å². The maximum absolute atomic E-state index is 12.4. The zero-order chi connectivity index (χ0) is 16.3. The van der Waals surface area contributed by atoms with Gasteiger partial charge in [-0.15, -0.1) is 0 Å². The van der Waals surface area contributed by atoms with Gasteiger partial charge in [-0.2, -0.15) is 0 Å². The number of aromatic nitrogens is 1. The van der Waals surface area contributed by atoms with Crippen LogP contribution in [0.4, 0.5) is 10.5 Å². The highest BCUT2D eigenvalue weighted by Crippen LogP contribution is 2.15. The third kappa shape index (κ3) is 3.87. The van der Waals surface area contributed by atoms with Crippen molar-refractivity contribution >= 4 is 17.7 Å². The molecular formula is C15H22N4O3. The Balaban J connectivity index is 1.94. The number of hydrogen-bond acceptors (Lipinski definition) is 5. The highest BCUT2D eigenvalue weighted by molar-refractivity contribution is 5.99. The van der Waals surface area contributed by atoms with Crippen LogP contribution in [-0.4, -0.2) is 58.6 Å². The lowest BCUT2D eigenvalue weighted by Crippen LogP contribution is -2.51. The lowest BCUT2D eigenvalue weighted by molar-refractivity contribution is 0.0141. The molecule has 1 saturated heterocycles. The van der Waals surface area contributed by atoms with Gasteiger partial charge in [0.15, 0.2) is 0 Å². The molecule has 0 bridgehead atoms. The van der Waals surface area contributed by atoms with Crippen LogP contribution in [0.25, 0.3) is 0 Å². The van der Waals surface area contributed by atoms with Crippen LogP contribution < -0.4 is 5.73 Å². The van der Waals surface area contributed by atoms with E-state index in [-0.39, 0.29) is 12.0 Å². The summed E-state index contributed by atoms with van der Waals surface area (Å²) in [5.74, 6) is -0.135. The molecule has 120 valence electrons. The average Bonchev–Trinajstić information content (AvgIpc) is 2.45. The number of carbonyl (C=O) groups is 2. The van der Waals surface area contributed by atoms with Crippen LogP contribution in [-0.2, 0) is 4.74 Å². The van der Waals surface area contributed by atoms with E-state index in [2.05, 4.69) is 4.98 Å². The van der Waals surface area contributed by atoms with Gasteiger partial charge in [0.05, 0.1) is 17.4 Å². The van der Waals surface area contributed by atoms with Gasteiger partial charge in [0.2, 0.25) is 0 Å². The molecule has 0 atom stereocenters. The van der Waals surface area contributed by atoms with E-state index in [1.807, 2.05) is 20.8 Å². The third-order valence-corrected chi connectivity index (χ3v) is 3.30. The van der Waals surface area contributed by atoms with E-state index in [1.165, 1.54) is 6.20 Å². The molecule has 1 aromatic heterocycles. The van der Waals surface area contributed by atoms with Crippen LogP contribution in [0, 0.1) is 0 Å². The summed E-state index contributed by atoms with van der Waals surface area (Å²) in [7, 11) is 0. The first kappa shape index (κ1) is 16.1. The molecule has 1 aromatic rings. The minimum Gasteiger partial charge on any atom is -0.444 e. The zero-order valence-corrected chi connectivity index (χ0v) is 13.2.